The molecule has 1 atom stereocenters. The van der Waals surface area contributed by atoms with Crippen LogP contribution in [-0.2, 0) is 0 Å². The van der Waals surface area contributed by atoms with Crippen molar-refractivity contribution < 1.29 is 13.6 Å². The molecule has 0 aliphatic carbocycles. The molecule has 4 nitrogen and oxygen atoms in total. The molecule has 1 N–H and O–H groups in total. The zero-order chi connectivity index (χ0) is 16.2. The van der Waals surface area contributed by atoms with Crippen LogP contribution in [-0.4, -0.2) is 48.6 Å². The fourth-order valence-corrected chi connectivity index (χ4v) is 3.45. The number of benzene rings is 1. The summed E-state index contributed by atoms with van der Waals surface area (Å²) in [6, 6.07) is 5.68. The highest BCUT2D eigenvalue weighted by molar-refractivity contribution is 5.89. The molecule has 0 unspecified atom stereocenters. The number of urea groups is 1. The van der Waals surface area contributed by atoms with E-state index >= 15 is 0 Å². The topological polar surface area (TPSA) is 35.6 Å². The standard InChI is InChI=1S/C17H23F2N3O/c18-16(19)14-4-3-5-15(10-14)20-17(23)22-9-6-13(12-22)11-21-7-1-2-8-21/h3-5,10,13,16H,1-2,6-9,11-12H2,(H,20,23)/t13-/m0/s1. The van der Waals surface area contributed by atoms with Crippen molar-refractivity contribution in [2.24, 2.45) is 5.92 Å². The van der Waals surface area contributed by atoms with Crippen LogP contribution in [0.5, 0.6) is 0 Å². The molecule has 2 heterocycles. The van der Waals surface area contributed by atoms with Gasteiger partial charge in [0, 0.05) is 30.9 Å². The van der Waals surface area contributed by atoms with Crippen LogP contribution in [0.15, 0.2) is 24.3 Å². The summed E-state index contributed by atoms with van der Waals surface area (Å²) in [5.74, 6) is 0.520. The fourth-order valence-electron chi connectivity index (χ4n) is 3.45. The van der Waals surface area contributed by atoms with E-state index in [1.165, 1.54) is 44.1 Å². The van der Waals surface area contributed by atoms with Gasteiger partial charge in [-0.15, -0.1) is 0 Å². The number of nitrogens with one attached hydrogen (secondary N) is 1. The molecule has 1 aromatic rings. The lowest BCUT2D eigenvalue weighted by atomic mass is 10.1. The number of hydrogen-bond donors (Lipinski definition) is 1. The summed E-state index contributed by atoms with van der Waals surface area (Å²) in [5.41, 5.74) is 0.354. The predicted octanol–water partition coefficient (Wildman–Crippen LogP) is 3.57. The quantitative estimate of drug-likeness (QED) is 0.919. The van der Waals surface area contributed by atoms with E-state index in [2.05, 4.69) is 10.2 Å². The number of nitrogens with zero attached hydrogens (tertiary/aromatic N) is 2. The SMILES string of the molecule is O=C(Nc1cccc(C(F)F)c1)N1CC[C@@H](CN2CCCC2)C1. The van der Waals surface area contributed by atoms with Gasteiger partial charge in [0.1, 0.15) is 0 Å². The third-order valence-corrected chi connectivity index (χ3v) is 4.68. The van der Waals surface area contributed by atoms with E-state index < -0.39 is 6.43 Å². The summed E-state index contributed by atoms with van der Waals surface area (Å²) in [7, 11) is 0. The molecule has 2 saturated heterocycles. The van der Waals surface area contributed by atoms with Crippen molar-refractivity contribution in [3.63, 3.8) is 0 Å². The maximum atomic E-state index is 12.7. The molecule has 23 heavy (non-hydrogen) atoms. The lowest BCUT2D eigenvalue weighted by Crippen LogP contribution is -2.34. The number of amides is 2. The fraction of sp³-hybridized carbons (Fsp3) is 0.588. The Balaban J connectivity index is 1.51. The van der Waals surface area contributed by atoms with E-state index in [4.69, 9.17) is 0 Å². The molecular formula is C17H23F2N3O. The molecule has 0 saturated carbocycles. The number of carbonyl (C=O) groups excluding carboxylic acids is 1. The normalized spacial score (nSPS) is 22.0. The maximum Gasteiger partial charge on any atom is 0.321 e. The molecule has 0 spiro atoms. The molecular weight excluding hydrogens is 300 g/mol. The minimum Gasteiger partial charge on any atom is -0.324 e. The van der Waals surface area contributed by atoms with Crippen molar-refractivity contribution in [2.45, 2.75) is 25.7 Å². The van der Waals surface area contributed by atoms with Crippen LogP contribution >= 0.6 is 0 Å². The number of likely N-dealkylation sites (tertiary alicyclic amines) is 2. The summed E-state index contributed by atoms with van der Waals surface area (Å²) < 4.78 is 25.4. The van der Waals surface area contributed by atoms with Gasteiger partial charge in [0.05, 0.1) is 0 Å². The Labute approximate surface area is 135 Å². The van der Waals surface area contributed by atoms with Crippen LogP contribution in [0.1, 0.15) is 31.3 Å². The van der Waals surface area contributed by atoms with Gasteiger partial charge in [0.25, 0.3) is 6.43 Å². The van der Waals surface area contributed by atoms with Gasteiger partial charge in [-0.3, -0.25) is 0 Å². The van der Waals surface area contributed by atoms with E-state index in [1.807, 2.05) is 0 Å². The van der Waals surface area contributed by atoms with E-state index in [0.29, 0.717) is 11.6 Å². The maximum absolute atomic E-state index is 12.7. The van der Waals surface area contributed by atoms with E-state index in [-0.39, 0.29) is 11.6 Å². The average molecular weight is 323 g/mol. The van der Waals surface area contributed by atoms with Crippen molar-refractivity contribution in [1.29, 1.82) is 0 Å². The van der Waals surface area contributed by atoms with E-state index in [1.54, 1.807) is 11.0 Å². The van der Waals surface area contributed by atoms with Crippen LogP contribution in [0, 0.1) is 5.92 Å². The van der Waals surface area contributed by atoms with Crippen LogP contribution in [0.4, 0.5) is 19.3 Å². The lowest BCUT2D eigenvalue weighted by Gasteiger charge is -2.21. The molecule has 3 rings (SSSR count). The first-order valence-electron chi connectivity index (χ1n) is 8.28. The predicted molar refractivity (Wildman–Crippen MR) is 85.8 cm³/mol. The van der Waals surface area contributed by atoms with Crippen LogP contribution in [0.25, 0.3) is 0 Å². The molecule has 2 aliphatic rings. The molecule has 2 amide bonds. The van der Waals surface area contributed by atoms with Gasteiger partial charge in [-0.2, -0.15) is 0 Å². The van der Waals surface area contributed by atoms with Gasteiger partial charge in [0.2, 0.25) is 0 Å². The van der Waals surface area contributed by atoms with Gasteiger partial charge in [-0.05, 0) is 50.4 Å². The van der Waals surface area contributed by atoms with Gasteiger partial charge in [-0.25, -0.2) is 13.6 Å². The number of carbonyl (C=O) groups is 1. The molecule has 1 aromatic carbocycles. The zero-order valence-electron chi connectivity index (χ0n) is 13.2. The first-order valence-corrected chi connectivity index (χ1v) is 8.28. The van der Waals surface area contributed by atoms with Crippen LogP contribution in [0.2, 0.25) is 0 Å². The van der Waals surface area contributed by atoms with Crippen molar-refractivity contribution in [3.05, 3.63) is 29.8 Å². The zero-order valence-corrected chi connectivity index (χ0v) is 13.2. The summed E-state index contributed by atoms with van der Waals surface area (Å²) in [5, 5.41) is 2.73. The largest absolute Gasteiger partial charge is 0.324 e. The Morgan fingerprint density at radius 3 is 2.78 bits per heavy atom. The van der Waals surface area contributed by atoms with Gasteiger partial charge in [-0.1, -0.05) is 12.1 Å². The molecule has 0 bridgehead atoms. The van der Waals surface area contributed by atoms with Gasteiger partial charge < -0.3 is 15.1 Å². The lowest BCUT2D eigenvalue weighted by molar-refractivity contribution is 0.151. The molecule has 126 valence electrons. The Morgan fingerprint density at radius 1 is 1.26 bits per heavy atom. The molecule has 2 fully saturated rings. The Morgan fingerprint density at radius 2 is 2.04 bits per heavy atom. The number of rotatable bonds is 4. The highest BCUT2D eigenvalue weighted by Crippen LogP contribution is 2.23. The highest BCUT2D eigenvalue weighted by atomic mass is 19.3. The number of alkyl halides is 2. The second-order valence-corrected chi connectivity index (χ2v) is 6.46. The number of halogens is 2. The van der Waals surface area contributed by atoms with Gasteiger partial charge in [0.15, 0.2) is 0 Å². The Kier molecular flexibility index (Phi) is 5.10. The first-order chi connectivity index (χ1) is 11.1. The highest BCUT2D eigenvalue weighted by Gasteiger charge is 2.28. The monoisotopic (exact) mass is 323 g/mol. The van der Waals surface area contributed by atoms with Crippen molar-refractivity contribution >= 4 is 11.7 Å². The Bertz CT molecular complexity index is 546. The minimum absolute atomic E-state index is 0.0730. The summed E-state index contributed by atoms with van der Waals surface area (Å²) >= 11 is 0. The molecule has 0 aromatic heterocycles. The number of hydrogen-bond acceptors (Lipinski definition) is 2. The smallest absolute Gasteiger partial charge is 0.321 e. The van der Waals surface area contributed by atoms with Crippen molar-refractivity contribution in [1.82, 2.24) is 9.80 Å². The van der Waals surface area contributed by atoms with Crippen molar-refractivity contribution in [2.75, 3.05) is 38.0 Å². The second-order valence-electron chi connectivity index (χ2n) is 6.46. The third kappa shape index (κ3) is 4.19. The summed E-state index contributed by atoms with van der Waals surface area (Å²) in [6.07, 6.45) is 1.04. The average Bonchev–Trinajstić information content (AvgIpc) is 3.20. The van der Waals surface area contributed by atoms with Crippen molar-refractivity contribution in [3.8, 4) is 0 Å². The van der Waals surface area contributed by atoms with Crippen LogP contribution < -0.4 is 5.32 Å². The summed E-state index contributed by atoms with van der Waals surface area (Å²) in [6.45, 7) is 4.88. The molecule has 2 aliphatic heterocycles. The third-order valence-electron chi connectivity index (χ3n) is 4.68. The van der Waals surface area contributed by atoms with E-state index in [0.717, 1.165) is 26.1 Å². The van der Waals surface area contributed by atoms with E-state index in [9.17, 15) is 13.6 Å². The van der Waals surface area contributed by atoms with Gasteiger partial charge >= 0.3 is 6.03 Å². The van der Waals surface area contributed by atoms with Crippen LogP contribution in [0.3, 0.4) is 0 Å². The number of anilines is 1. The second kappa shape index (κ2) is 7.25. The summed E-state index contributed by atoms with van der Waals surface area (Å²) in [4.78, 5) is 16.6. The minimum atomic E-state index is -2.52. The first kappa shape index (κ1) is 16.2. The Hall–Kier alpha value is -1.69. The molecule has 0 radical (unpaired) electrons. The molecule has 6 heteroatoms.